The molecule has 2 aromatic rings. The van der Waals surface area contributed by atoms with Gasteiger partial charge in [0.05, 0.1) is 11.3 Å². The van der Waals surface area contributed by atoms with Crippen molar-refractivity contribution >= 4 is 5.76 Å². The maximum atomic E-state index is 13.5. The van der Waals surface area contributed by atoms with Crippen LogP contribution in [0.5, 0.6) is 0 Å². The zero-order valence-corrected chi connectivity index (χ0v) is 13.5. The first-order valence-electron chi connectivity index (χ1n) is 7.24. The van der Waals surface area contributed by atoms with Gasteiger partial charge < -0.3 is 10.0 Å². The van der Waals surface area contributed by atoms with Crippen molar-refractivity contribution in [3.05, 3.63) is 47.4 Å². The molecule has 0 unspecified atom stereocenters. The summed E-state index contributed by atoms with van der Waals surface area (Å²) in [6, 6.07) is 4.84. The zero-order valence-electron chi connectivity index (χ0n) is 13.5. The molecule has 4 nitrogen and oxygen atoms in total. The second-order valence-corrected chi connectivity index (χ2v) is 5.63. The average Bonchev–Trinajstić information content (AvgIpc) is 2.79. The first kappa shape index (κ1) is 16.2. The first-order valence-corrected chi connectivity index (χ1v) is 7.24. The van der Waals surface area contributed by atoms with Crippen molar-refractivity contribution in [2.24, 2.45) is 0 Å². The van der Waals surface area contributed by atoms with Gasteiger partial charge in [-0.25, -0.2) is 4.39 Å². The molecule has 1 aromatic carbocycles. The highest BCUT2D eigenvalue weighted by atomic mass is 19.1. The van der Waals surface area contributed by atoms with Crippen LogP contribution in [0.1, 0.15) is 23.7 Å². The Hall–Kier alpha value is -2.14. The Morgan fingerprint density at radius 3 is 2.59 bits per heavy atom. The average molecular weight is 303 g/mol. The van der Waals surface area contributed by atoms with E-state index in [1.165, 1.54) is 6.07 Å². The molecule has 118 valence electrons. The molecule has 0 bridgehead atoms. The summed E-state index contributed by atoms with van der Waals surface area (Å²) in [7, 11) is 3.91. The third-order valence-corrected chi connectivity index (χ3v) is 3.54. The van der Waals surface area contributed by atoms with E-state index in [1.807, 2.05) is 30.6 Å². The lowest BCUT2D eigenvalue weighted by molar-refractivity contribution is 0.381. The standard InChI is InChI=1S/C17H22FN3O/c1-6-21-15(10-20(4)5)16(12(3)22)17(19-21)13-7-8-14(18)11(2)9-13/h7-9,22H,3,6,10H2,1-2,4-5H3. The molecule has 0 aliphatic carbocycles. The molecule has 0 fully saturated rings. The van der Waals surface area contributed by atoms with Crippen LogP contribution in [0.15, 0.2) is 24.8 Å². The van der Waals surface area contributed by atoms with E-state index >= 15 is 0 Å². The fourth-order valence-corrected chi connectivity index (χ4v) is 2.52. The second kappa shape index (κ2) is 6.32. The van der Waals surface area contributed by atoms with Crippen LogP contribution in [0.2, 0.25) is 0 Å². The summed E-state index contributed by atoms with van der Waals surface area (Å²) in [6.07, 6.45) is 0. The Labute approximate surface area is 130 Å². The van der Waals surface area contributed by atoms with E-state index in [9.17, 15) is 9.50 Å². The van der Waals surface area contributed by atoms with E-state index in [2.05, 4.69) is 11.7 Å². The van der Waals surface area contributed by atoms with Gasteiger partial charge in [-0.15, -0.1) is 0 Å². The number of nitrogens with zero attached hydrogens (tertiary/aromatic N) is 3. The van der Waals surface area contributed by atoms with Crippen molar-refractivity contribution in [3.63, 3.8) is 0 Å². The normalized spacial score (nSPS) is 11.2. The van der Waals surface area contributed by atoms with Crippen LogP contribution < -0.4 is 0 Å². The molecule has 1 heterocycles. The Morgan fingerprint density at radius 1 is 1.41 bits per heavy atom. The van der Waals surface area contributed by atoms with E-state index in [-0.39, 0.29) is 11.6 Å². The SMILES string of the molecule is C=C(O)c1c(-c2ccc(F)c(C)c2)nn(CC)c1CN(C)C. The van der Waals surface area contributed by atoms with Gasteiger partial charge in [0.1, 0.15) is 17.3 Å². The fraction of sp³-hybridized carbons (Fsp3) is 0.353. The van der Waals surface area contributed by atoms with Crippen LogP contribution in [-0.2, 0) is 13.1 Å². The minimum atomic E-state index is -0.253. The molecule has 1 aromatic heterocycles. The highest BCUT2D eigenvalue weighted by Gasteiger charge is 2.21. The summed E-state index contributed by atoms with van der Waals surface area (Å²) in [6.45, 7) is 8.70. The minimum absolute atomic E-state index is 0.0199. The largest absolute Gasteiger partial charge is 0.508 e. The van der Waals surface area contributed by atoms with E-state index in [4.69, 9.17) is 0 Å². The summed E-state index contributed by atoms with van der Waals surface area (Å²) in [5.74, 6) is -0.273. The lowest BCUT2D eigenvalue weighted by Crippen LogP contribution is -2.16. The molecular weight excluding hydrogens is 281 g/mol. The Kier molecular flexibility index (Phi) is 4.66. The topological polar surface area (TPSA) is 41.3 Å². The number of aryl methyl sites for hydroxylation is 2. The lowest BCUT2D eigenvalue weighted by Gasteiger charge is -2.13. The Morgan fingerprint density at radius 2 is 2.09 bits per heavy atom. The Bertz CT molecular complexity index is 704. The van der Waals surface area contributed by atoms with Crippen LogP contribution >= 0.6 is 0 Å². The van der Waals surface area contributed by atoms with E-state index < -0.39 is 0 Å². The van der Waals surface area contributed by atoms with Gasteiger partial charge in [0.2, 0.25) is 0 Å². The third kappa shape index (κ3) is 3.04. The van der Waals surface area contributed by atoms with Gasteiger partial charge in [-0.3, -0.25) is 4.68 Å². The Balaban J connectivity index is 2.66. The van der Waals surface area contributed by atoms with Crippen molar-refractivity contribution in [1.29, 1.82) is 0 Å². The molecule has 22 heavy (non-hydrogen) atoms. The summed E-state index contributed by atoms with van der Waals surface area (Å²) in [5, 5.41) is 14.6. The summed E-state index contributed by atoms with van der Waals surface area (Å²) >= 11 is 0. The number of halogens is 1. The second-order valence-electron chi connectivity index (χ2n) is 5.63. The van der Waals surface area contributed by atoms with Crippen molar-refractivity contribution in [1.82, 2.24) is 14.7 Å². The minimum Gasteiger partial charge on any atom is -0.508 e. The van der Waals surface area contributed by atoms with Crippen LogP contribution in [0.4, 0.5) is 4.39 Å². The van der Waals surface area contributed by atoms with Gasteiger partial charge in [0.15, 0.2) is 0 Å². The highest BCUT2D eigenvalue weighted by Crippen LogP contribution is 2.31. The van der Waals surface area contributed by atoms with Crippen molar-refractivity contribution < 1.29 is 9.50 Å². The number of aromatic nitrogens is 2. The van der Waals surface area contributed by atoms with Crippen LogP contribution in [0.25, 0.3) is 17.0 Å². The van der Waals surface area contributed by atoms with E-state index in [1.54, 1.807) is 19.1 Å². The maximum absolute atomic E-state index is 13.5. The van der Waals surface area contributed by atoms with Gasteiger partial charge in [0.25, 0.3) is 0 Å². The molecule has 5 heteroatoms. The van der Waals surface area contributed by atoms with Gasteiger partial charge in [-0.1, -0.05) is 6.58 Å². The molecule has 0 saturated carbocycles. The predicted octanol–water partition coefficient (Wildman–Crippen LogP) is 3.61. The number of rotatable bonds is 5. The summed E-state index contributed by atoms with van der Waals surface area (Å²) in [4.78, 5) is 2.01. The molecule has 0 amide bonds. The van der Waals surface area contributed by atoms with Gasteiger partial charge >= 0.3 is 0 Å². The molecule has 2 rings (SSSR count). The maximum Gasteiger partial charge on any atom is 0.126 e. The van der Waals surface area contributed by atoms with Crippen molar-refractivity contribution in [3.8, 4) is 11.3 Å². The molecule has 0 aliphatic rings. The molecule has 0 saturated heterocycles. The van der Waals surface area contributed by atoms with Crippen LogP contribution in [0, 0.1) is 12.7 Å². The summed E-state index contributed by atoms with van der Waals surface area (Å²) in [5.41, 5.74) is 3.48. The van der Waals surface area contributed by atoms with Gasteiger partial charge in [0, 0.05) is 18.7 Å². The molecule has 0 atom stereocenters. The zero-order chi connectivity index (χ0) is 16.4. The fourth-order valence-electron chi connectivity index (χ4n) is 2.52. The van der Waals surface area contributed by atoms with Crippen molar-refractivity contribution in [2.75, 3.05) is 14.1 Å². The quantitative estimate of drug-likeness (QED) is 0.858. The number of benzene rings is 1. The van der Waals surface area contributed by atoms with Gasteiger partial charge in [-0.2, -0.15) is 5.10 Å². The van der Waals surface area contributed by atoms with Crippen molar-refractivity contribution in [2.45, 2.75) is 26.9 Å². The summed E-state index contributed by atoms with van der Waals surface area (Å²) < 4.78 is 15.3. The molecule has 0 spiro atoms. The third-order valence-electron chi connectivity index (χ3n) is 3.54. The predicted molar refractivity (Wildman–Crippen MR) is 87.1 cm³/mol. The first-order chi connectivity index (χ1) is 10.3. The lowest BCUT2D eigenvalue weighted by atomic mass is 10.0. The smallest absolute Gasteiger partial charge is 0.126 e. The van der Waals surface area contributed by atoms with Crippen LogP contribution in [-0.4, -0.2) is 33.9 Å². The number of aliphatic hydroxyl groups excluding tert-OH is 1. The molecule has 0 radical (unpaired) electrons. The van der Waals surface area contributed by atoms with E-state index in [0.29, 0.717) is 29.9 Å². The number of hydrogen-bond donors (Lipinski definition) is 1. The van der Waals surface area contributed by atoms with Gasteiger partial charge in [-0.05, 0) is 51.7 Å². The highest BCUT2D eigenvalue weighted by molar-refractivity contribution is 5.76. The number of aliphatic hydroxyl groups is 1. The molecule has 1 N–H and O–H groups in total. The van der Waals surface area contributed by atoms with E-state index in [0.717, 1.165) is 11.3 Å². The monoisotopic (exact) mass is 303 g/mol. The number of hydrogen-bond acceptors (Lipinski definition) is 3. The molecule has 0 aliphatic heterocycles. The van der Waals surface area contributed by atoms with Crippen LogP contribution in [0.3, 0.4) is 0 Å². The molecular formula is C17H22FN3O.